The molecule has 1 heterocycles. The summed E-state index contributed by atoms with van der Waals surface area (Å²) >= 11 is 0. The van der Waals surface area contributed by atoms with Gasteiger partial charge in [-0.15, -0.1) is 0 Å². The van der Waals surface area contributed by atoms with Crippen molar-refractivity contribution in [2.45, 2.75) is 77.3 Å². The number of aliphatic hydroxyl groups is 1. The standard InChI is InChI=1S/C26H40F3N3O5/c1-17-15-32(18(2)16-33)25(35)21-13-20(31-24(34)10-11-26(27,28)29)8-9-22(21)37-19(3)7-5-6-12-36-23(17)14-30-4/h8-9,13,17-19,23,30,33H,5-7,10-12,14-16H2,1-4H3,(H,31,34)/t17-,18+,19+,23-/m1/s1. The topological polar surface area (TPSA) is 100 Å². The molecule has 8 nitrogen and oxygen atoms in total. The molecule has 0 saturated carbocycles. The molecular weight excluding hydrogens is 491 g/mol. The van der Waals surface area contributed by atoms with Crippen LogP contribution in [-0.2, 0) is 9.53 Å². The van der Waals surface area contributed by atoms with Crippen LogP contribution in [0.25, 0.3) is 0 Å². The summed E-state index contributed by atoms with van der Waals surface area (Å²) < 4.78 is 49.8. The molecule has 0 aromatic heterocycles. The summed E-state index contributed by atoms with van der Waals surface area (Å²) in [5.74, 6) is -0.973. The molecule has 37 heavy (non-hydrogen) atoms. The van der Waals surface area contributed by atoms with Crippen LogP contribution in [0.4, 0.5) is 18.9 Å². The number of aliphatic hydroxyl groups excluding tert-OH is 1. The molecular formula is C26H40F3N3O5. The number of hydrogen-bond acceptors (Lipinski definition) is 6. The highest BCUT2D eigenvalue weighted by molar-refractivity contribution is 5.99. The van der Waals surface area contributed by atoms with Crippen molar-refractivity contribution < 1.29 is 37.3 Å². The van der Waals surface area contributed by atoms with E-state index >= 15 is 0 Å². The van der Waals surface area contributed by atoms with Crippen molar-refractivity contribution in [1.29, 1.82) is 0 Å². The molecule has 3 N–H and O–H groups in total. The third-order valence-electron chi connectivity index (χ3n) is 6.38. The van der Waals surface area contributed by atoms with E-state index in [4.69, 9.17) is 9.47 Å². The number of alkyl halides is 3. The second-order valence-corrected chi connectivity index (χ2v) is 9.73. The second-order valence-electron chi connectivity index (χ2n) is 9.73. The largest absolute Gasteiger partial charge is 0.490 e. The minimum absolute atomic E-state index is 0.0677. The van der Waals surface area contributed by atoms with Gasteiger partial charge in [0.1, 0.15) is 5.75 Å². The van der Waals surface area contributed by atoms with E-state index in [1.165, 1.54) is 12.1 Å². The van der Waals surface area contributed by atoms with Crippen molar-refractivity contribution in [3.63, 3.8) is 0 Å². The maximum atomic E-state index is 13.8. The number of nitrogens with zero attached hydrogens (tertiary/aromatic N) is 1. The number of anilines is 1. The Labute approximate surface area is 216 Å². The molecule has 0 unspecified atom stereocenters. The summed E-state index contributed by atoms with van der Waals surface area (Å²) in [4.78, 5) is 27.5. The number of benzene rings is 1. The average Bonchev–Trinajstić information content (AvgIpc) is 2.84. The van der Waals surface area contributed by atoms with Crippen molar-refractivity contribution >= 4 is 17.5 Å². The zero-order chi connectivity index (χ0) is 27.6. The van der Waals surface area contributed by atoms with Crippen LogP contribution in [0.15, 0.2) is 18.2 Å². The van der Waals surface area contributed by atoms with E-state index in [1.807, 2.05) is 20.9 Å². The van der Waals surface area contributed by atoms with Gasteiger partial charge in [0.15, 0.2) is 0 Å². The molecule has 4 atom stereocenters. The van der Waals surface area contributed by atoms with E-state index in [1.54, 1.807) is 17.9 Å². The Morgan fingerprint density at radius 1 is 1.27 bits per heavy atom. The van der Waals surface area contributed by atoms with E-state index in [0.29, 0.717) is 25.4 Å². The van der Waals surface area contributed by atoms with E-state index < -0.39 is 36.9 Å². The van der Waals surface area contributed by atoms with Crippen molar-refractivity contribution in [1.82, 2.24) is 10.2 Å². The van der Waals surface area contributed by atoms with Crippen LogP contribution < -0.4 is 15.4 Å². The molecule has 0 saturated heterocycles. The smallest absolute Gasteiger partial charge is 0.389 e. The van der Waals surface area contributed by atoms with Gasteiger partial charge in [-0.1, -0.05) is 6.92 Å². The van der Waals surface area contributed by atoms with Crippen molar-refractivity contribution in [3.05, 3.63) is 23.8 Å². The highest BCUT2D eigenvalue weighted by Gasteiger charge is 2.30. The van der Waals surface area contributed by atoms with Gasteiger partial charge in [-0.3, -0.25) is 9.59 Å². The van der Waals surface area contributed by atoms with E-state index in [0.717, 1.165) is 19.3 Å². The molecule has 0 fully saturated rings. The quantitative estimate of drug-likeness (QED) is 0.492. The van der Waals surface area contributed by atoms with Gasteiger partial charge < -0.3 is 30.1 Å². The van der Waals surface area contributed by atoms with Gasteiger partial charge >= 0.3 is 6.18 Å². The highest BCUT2D eigenvalue weighted by atomic mass is 19.4. The third-order valence-corrected chi connectivity index (χ3v) is 6.38. The third kappa shape index (κ3) is 10.1. The van der Waals surface area contributed by atoms with Crippen molar-refractivity contribution in [2.24, 2.45) is 5.92 Å². The fraction of sp³-hybridized carbons (Fsp3) is 0.692. The molecule has 1 aliphatic rings. The number of fused-ring (bicyclic) bond motifs is 1. The fourth-order valence-corrected chi connectivity index (χ4v) is 4.17. The Balaban J connectivity index is 2.42. The lowest BCUT2D eigenvalue weighted by atomic mass is 10.0. The number of nitrogens with one attached hydrogen (secondary N) is 2. The molecule has 0 radical (unpaired) electrons. The Morgan fingerprint density at radius 2 is 2.00 bits per heavy atom. The van der Waals surface area contributed by atoms with Gasteiger partial charge in [-0.05, 0) is 58.4 Å². The van der Waals surface area contributed by atoms with Crippen LogP contribution in [0, 0.1) is 5.92 Å². The van der Waals surface area contributed by atoms with Crippen LogP contribution in [0.3, 0.4) is 0 Å². The van der Waals surface area contributed by atoms with E-state index in [9.17, 15) is 27.9 Å². The number of rotatable bonds is 7. The summed E-state index contributed by atoms with van der Waals surface area (Å²) in [6.07, 6.45) is -4.31. The number of ether oxygens (including phenoxy) is 2. The summed E-state index contributed by atoms with van der Waals surface area (Å²) in [5.41, 5.74) is 0.355. The Morgan fingerprint density at radius 3 is 2.65 bits per heavy atom. The molecule has 2 amide bonds. The van der Waals surface area contributed by atoms with Crippen molar-refractivity contribution in [3.8, 4) is 5.75 Å². The SMILES string of the molecule is CNC[C@H]1OCCCC[C@H](C)Oc2ccc(NC(=O)CCC(F)(F)F)cc2C(=O)N([C@@H](C)CO)C[C@H]1C. The predicted molar refractivity (Wildman–Crippen MR) is 135 cm³/mol. The lowest BCUT2D eigenvalue weighted by Crippen LogP contribution is -2.47. The average molecular weight is 532 g/mol. The minimum Gasteiger partial charge on any atom is -0.490 e. The maximum absolute atomic E-state index is 13.8. The minimum atomic E-state index is -4.44. The molecule has 1 aromatic carbocycles. The first-order valence-electron chi connectivity index (χ1n) is 12.8. The first-order chi connectivity index (χ1) is 17.4. The normalized spacial score (nSPS) is 23.0. The van der Waals surface area contributed by atoms with Gasteiger partial charge in [-0.2, -0.15) is 13.2 Å². The molecule has 11 heteroatoms. The number of amides is 2. The fourth-order valence-electron chi connectivity index (χ4n) is 4.17. The van der Waals surface area contributed by atoms with Crippen LogP contribution in [-0.4, -0.2) is 79.6 Å². The van der Waals surface area contributed by atoms with E-state index in [-0.39, 0.29) is 36.0 Å². The second kappa shape index (κ2) is 14.5. The molecule has 210 valence electrons. The van der Waals surface area contributed by atoms with Crippen LogP contribution in [0.1, 0.15) is 63.2 Å². The van der Waals surface area contributed by atoms with Gasteiger partial charge in [0.25, 0.3) is 5.91 Å². The van der Waals surface area contributed by atoms with Gasteiger partial charge in [0, 0.05) is 37.7 Å². The molecule has 1 aromatic rings. The highest BCUT2D eigenvalue weighted by Crippen LogP contribution is 2.29. The van der Waals surface area contributed by atoms with Crippen molar-refractivity contribution in [2.75, 3.05) is 38.7 Å². The molecule has 1 aliphatic heterocycles. The number of likely N-dealkylation sites (N-methyl/N-ethyl adjacent to an activating group) is 1. The van der Waals surface area contributed by atoms with Crippen LogP contribution in [0.5, 0.6) is 5.75 Å². The van der Waals surface area contributed by atoms with Gasteiger partial charge in [0.05, 0.1) is 36.8 Å². The molecule has 0 spiro atoms. The molecule has 0 bridgehead atoms. The number of hydrogen-bond donors (Lipinski definition) is 3. The first-order valence-corrected chi connectivity index (χ1v) is 12.8. The summed E-state index contributed by atoms with van der Waals surface area (Å²) in [6, 6.07) is 3.96. The van der Waals surface area contributed by atoms with Gasteiger partial charge in [-0.25, -0.2) is 0 Å². The van der Waals surface area contributed by atoms with Crippen LogP contribution in [0.2, 0.25) is 0 Å². The monoisotopic (exact) mass is 531 g/mol. The predicted octanol–water partition coefficient (Wildman–Crippen LogP) is 3.98. The Hall–Kier alpha value is -2.37. The molecule has 2 rings (SSSR count). The molecule has 0 aliphatic carbocycles. The first kappa shape index (κ1) is 30.9. The Kier molecular flexibility index (Phi) is 12.1. The summed E-state index contributed by atoms with van der Waals surface area (Å²) in [7, 11) is 1.83. The zero-order valence-electron chi connectivity index (χ0n) is 22.1. The summed E-state index contributed by atoms with van der Waals surface area (Å²) in [5, 5.41) is 15.5. The number of carbonyl (C=O) groups excluding carboxylic acids is 2. The van der Waals surface area contributed by atoms with Gasteiger partial charge in [0.2, 0.25) is 5.91 Å². The lowest BCUT2D eigenvalue weighted by Gasteiger charge is -2.34. The number of carbonyl (C=O) groups is 2. The maximum Gasteiger partial charge on any atom is 0.389 e. The zero-order valence-corrected chi connectivity index (χ0v) is 22.1. The Bertz CT molecular complexity index is 884. The summed E-state index contributed by atoms with van der Waals surface area (Å²) in [6.45, 7) is 6.82. The van der Waals surface area contributed by atoms with E-state index in [2.05, 4.69) is 10.6 Å². The van der Waals surface area contributed by atoms with Crippen LogP contribution >= 0.6 is 0 Å². The number of halogens is 3. The lowest BCUT2D eigenvalue weighted by molar-refractivity contribution is -0.142.